The van der Waals surface area contributed by atoms with Gasteiger partial charge in [0.1, 0.15) is 5.82 Å². The molecule has 112 valence electrons. The molecule has 1 amide bonds. The molecule has 0 saturated carbocycles. The molecule has 8 heteroatoms. The van der Waals surface area contributed by atoms with Crippen LogP contribution in [-0.4, -0.2) is 31.2 Å². The highest BCUT2D eigenvalue weighted by molar-refractivity contribution is 7.89. The molecule has 0 unspecified atom stereocenters. The number of primary amides is 1. The van der Waals surface area contributed by atoms with E-state index in [4.69, 9.17) is 11.5 Å². The number of amides is 1. The van der Waals surface area contributed by atoms with Gasteiger partial charge in [0.15, 0.2) is 0 Å². The summed E-state index contributed by atoms with van der Waals surface area (Å²) in [6, 6.07) is 2.89. The molecule has 1 aromatic rings. The Bertz CT molecular complexity index is 602. The van der Waals surface area contributed by atoms with Crippen LogP contribution in [0, 0.1) is 5.82 Å². The molecule has 0 aliphatic heterocycles. The van der Waals surface area contributed by atoms with E-state index in [2.05, 4.69) is 0 Å². The van der Waals surface area contributed by atoms with Crippen molar-refractivity contribution in [2.75, 3.05) is 6.54 Å². The van der Waals surface area contributed by atoms with Crippen molar-refractivity contribution in [1.82, 2.24) is 4.31 Å². The fraction of sp³-hybridized carbons (Fsp3) is 0.417. The number of hydrogen-bond donors (Lipinski definition) is 2. The molecule has 0 heterocycles. The summed E-state index contributed by atoms with van der Waals surface area (Å²) in [7, 11) is -3.93. The van der Waals surface area contributed by atoms with Gasteiger partial charge in [0.2, 0.25) is 15.9 Å². The van der Waals surface area contributed by atoms with Gasteiger partial charge < -0.3 is 11.5 Å². The normalized spacial score (nSPS) is 12.1. The molecule has 0 aromatic heterocycles. The Morgan fingerprint density at radius 1 is 1.40 bits per heavy atom. The summed E-state index contributed by atoms with van der Waals surface area (Å²) in [6.45, 7) is 2.68. The van der Waals surface area contributed by atoms with Crippen molar-refractivity contribution < 1.29 is 17.6 Å². The van der Waals surface area contributed by atoms with E-state index >= 15 is 0 Å². The number of rotatable bonds is 6. The van der Waals surface area contributed by atoms with Gasteiger partial charge in [-0.1, -0.05) is 0 Å². The monoisotopic (exact) mass is 303 g/mol. The lowest BCUT2D eigenvalue weighted by Crippen LogP contribution is -2.42. The molecule has 0 atom stereocenters. The zero-order valence-corrected chi connectivity index (χ0v) is 12.2. The van der Waals surface area contributed by atoms with Crippen LogP contribution in [-0.2, 0) is 21.4 Å². The van der Waals surface area contributed by atoms with E-state index in [1.807, 2.05) is 0 Å². The number of hydrogen-bond acceptors (Lipinski definition) is 4. The fourth-order valence-electron chi connectivity index (χ4n) is 1.70. The number of nitrogens with two attached hydrogens (primary N) is 2. The van der Waals surface area contributed by atoms with Crippen molar-refractivity contribution in [2.24, 2.45) is 11.5 Å². The highest BCUT2D eigenvalue weighted by Gasteiger charge is 2.28. The second-order valence-electron chi connectivity index (χ2n) is 4.57. The van der Waals surface area contributed by atoms with E-state index in [1.54, 1.807) is 13.8 Å². The number of carbonyl (C=O) groups excluding carboxylic acids is 1. The highest BCUT2D eigenvalue weighted by Crippen LogP contribution is 2.20. The van der Waals surface area contributed by atoms with E-state index < -0.39 is 34.3 Å². The summed E-state index contributed by atoms with van der Waals surface area (Å²) >= 11 is 0. The Balaban J connectivity index is 3.29. The summed E-state index contributed by atoms with van der Waals surface area (Å²) in [6.07, 6.45) is 0. The number of benzene rings is 1. The molecule has 0 radical (unpaired) electrons. The molecule has 4 N–H and O–H groups in total. The van der Waals surface area contributed by atoms with E-state index in [9.17, 15) is 17.6 Å². The van der Waals surface area contributed by atoms with Crippen LogP contribution in [0.2, 0.25) is 0 Å². The third kappa shape index (κ3) is 3.53. The van der Waals surface area contributed by atoms with Crippen molar-refractivity contribution in [3.05, 3.63) is 29.6 Å². The summed E-state index contributed by atoms with van der Waals surface area (Å²) in [5.74, 6) is -1.33. The Morgan fingerprint density at radius 2 is 2.00 bits per heavy atom. The molecule has 1 rings (SSSR count). The molecule has 20 heavy (non-hydrogen) atoms. The molecule has 0 bridgehead atoms. The molecule has 0 saturated heterocycles. The molecule has 1 aromatic carbocycles. The van der Waals surface area contributed by atoms with Gasteiger partial charge in [-0.15, -0.1) is 0 Å². The zero-order valence-electron chi connectivity index (χ0n) is 11.3. The van der Waals surface area contributed by atoms with Crippen molar-refractivity contribution in [1.29, 1.82) is 0 Å². The molecule has 0 aliphatic carbocycles. The standard InChI is InChI=1S/C12H18FN3O3S/c1-8(2)16(7-12(15)17)20(18,19)10-3-4-11(13)9(5-10)6-14/h3-5,8H,6-7,14H2,1-2H3,(H2,15,17). The fourth-order valence-corrected chi connectivity index (χ4v) is 3.36. The van der Waals surface area contributed by atoms with Crippen LogP contribution >= 0.6 is 0 Å². The lowest BCUT2D eigenvalue weighted by atomic mass is 10.2. The van der Waals surface area contributed by atoms with Crippen molar-refractivity contribution in [3.8, 4) is 0 Å². The van der Waals surface area contributed by atoms with Crippen LogP contribution in [0.5, 0.6) is 0 Å². The van der Waals surface area contributed by atoms with Gasteiger partial charge in [0.05, 0.1) is 11.4 Å². The zero-order chi connectivity index (χ0) is 15.5. The minimum Gasteiger partial charge on any atom is -0.369 e. The van der Waals surface area contributed by atoms with Gasteiger partial charge in [0.25, 0.3) is 0 Å². The average molecular weight is 303 g/mol. The summed E-state index contributed by atoms with van der Waals surface area (Å²) in [5, 5.41) is 0. The third-order valence-electron chi connectivity index (χ3n) is 2.73. The average Bonchev–Trinajstić information content (AvgIpc) is 2.35. The molecular formula is C12H18FN3O3S. The van der Waals surface area contributed by atoms with Crippen molar-refractivity contribution >= 4 is 15.9 Å². The first-order chi connectivity index (χ1) is 9.20. The topological polar surface area (TPSA) is 106 Å². The van der Waals surface area contributed by atoms with Crippen LogP contribution in [0.15, 0.2) is 23.1 Å². The first kappa shape index (κ1) is 16.5. The Labute approximate surface area is 117 Å². The SMILES string of the molecule is CC(C)N(CC(N)=O)S(=O)(=O)c1ccc(F)c(CN)c1. The number of sulfonamides is 1. The van der Waals surface area contributed by atoms with Crippen LogP contribution < -0.4 is 11.5 Å². The lowest BCUT2D eigenvalue weighted by molar-refractivity contribution is -0.118. The van der Waals surface area contributed by atoms with Crippen LogP contribution in [0.3, 0.4) is 0 Å². The largest absolute Gasteiger partial charge is 0.369 e. The van der Waals surface area contributed by atoms with Crippen LogP contribution in [0.1, 0.15) is 19.4 Å². The van der Waals surface area contributed by atoms with Crippen LogP contribution in [0.25, 0.3) is 0 Å². The molecule has 0 fully saturated rings. The summed E-state index contributed by atoms with van der Waals surface area (Å²) < 4.78 is 39.2. The van der Waals surface area contributed by atoms with Gasteiger partial charge in [-0.2, -0.15) is 4.31 Å². The van der Waals surface area contributed by atoms with Crippen molar-refractivity contribution in [2.45, 2.75) is 31.3 Å². The second kappa shape index (κ2) is 6.29. The Kier molecular flexibility index (Phi) is 5.21. The van der Waals surface area contributed by atoms with E-state index in [1.165, 1.54) is 6.07 Å². The minimum atomic E-state index is -3.93. The quantitative estimate of drug-likeness (QED) is 0.781. The highest BCUT2D eigenvalue weighted by atomic mass is 32.2. The molecule has 0 spiro atoms. The second-order valence-corrected chi connectivity index (χ2v) is 6.46. The predicted octanol–water partition coefficient (Wildman–Crippen LogP) is 0.169. The first-order valence-corrected chi connectivity index (χ1v) is 7.42. The predicted molar refractivity (Wildman–Crippen MR) is 72.5 cm³/mol. The van der Waals surface area contributed by atoms with Gasteiger partial charge in [0, 0.05) is 18.2 Å². The smallest absolute Gasteiger partial charge is 0.243 e. The van der Waals surface area contributed by atoms with E-state index in [-0.39, 0.29) is 17.0 Å². The summed E-state index contributed by atoms with van der Waals surface area (Å²) in [5.41, 5.74) is 10.5. The number of carbonyl (C=O) groups is 1. The van der Waals surface area contributed by atoms with Crippen LogP contribution in [0.4, 0.5) is 4.39 Å². The maximum absolute atomic E-state index is 13.4. The number of nitrogens with zero attached hydrogens (tertiary/aromatic N) is 1. The number of halogens is 1. The molecular weight excluding hydrogens is 285 g/mol. The lowest BCUT2D eigenvalue weighted by Gasteiger charge is -2.24. The van der Waals surface area contributed by atoms with Gasteiger partial charge in [-0.3, -0.25) is 4.79 Å². The van der Waals surface area contributed by atoms with Gasteiger partial charge in [-0.25, -0.2) is 12.8 Å². The minimum absolute atomic E-state index is 0.0915. The Hall–Kier alpha value is -1.51. The van der Waals surface area contributed by atoms with Crippen molar-refractivity contribution in [3.63, 3.8) is 0 Å². The molecule has 0 aliphatic rings. The first-order valence-electron chi connectivity index (χ1n) is 5.98. The maximum atomic E-state index is 13.4. The van der Waals surface area contributed by atoms with E-state index in [0.29, 0.717) is 0 Å². The van der Waals surface area contributed by atoms with E-state index in [0.717, 1.165) is 16.4 Å². The Morgan fingerprint density at radius 3 is 2.45 bits per heavy atom. The van der Waals surface area contributed by atoms with Gasteiger partial charge >= 0.3 is 0 Å². The maximum Gasteiger partial charge on any atom is 0.243 e. The van der Waals surface area contributed by atoms with Gasteiger partial charge in [-0.05, 0) is 32.0 Å². The third-order valence-corrected chi connectivity index (χ3v) is 4.75. The molecule has 6 nitrogen and oxygen atoms in total. The summed E-state index contributed by atoms with van der Waals surface area (Å²) in [4.78, 5) is 10.9.